The van der Waals surface area contributed by atoms with Gasteiger partial charge in [-0.25, -0.2) is 0 Å². The molecule has 3 heteroatoms. The summed E-state index contributed by atoms with van der Waals surface area (Å²) in [5, 5.41) is 4.34. The number of hydrogen-bond acceptors (Lipinski definition) is 1. The van der Waals surface area contributed by atoms with Gasteiger partial charge in [-0.3, -0.25) is 0 Å². The second kappa shape index (κ2) is 6.43. The molecule has 1 aliphatic heterocycles. The molecular weight excluding hydrogens is 216 g/mol. The molecule has 0 saturated carbocycles. The fourth-order valence-corrected chi connectivity index (χ4v) is 2.68. The third kappa shape index (κ3) is 3.34. The molecule has 0 atom stereocenters. The van der Waals surface area contributed by atoms with Crippen LogP contribution in [0.2, 0.25) is 0 Å². The molecule has 1 heterocycles. The van der Waals surface area contributed by atoms with Crippen molar-refractivity contribution in [3.63, 3.8) is 0 Å². The Kier molecular flexibility index (Phi) is 5.53. The molecule has 94 valence electrons. The van der Waals surface area contributed by atoms with Gasteiger partial charge >= 0.3 is 0 Å². The Labute approximate surface area is 106 Å². The van der Waals surface area contributed by atoms with Crippen LogP contribution in [0.1, 0.15) is 52.9 Å². The lowest BCUT2D eigenvalue weighted by Gasteiger charge is -2.27. The fourth-order valence-electron chi connectivity index (χ4n) is 2.42. The monoisotopic (exact) mass is 242 g/mol. The van der Waals surface area contributed by atoms with Crippen LogP contribution in [0.5, 0.6) is 0 Å². The summed E-state index contributed by atoms with van der Waals surface area (Å²) in [4.78, 5) is 2.36. The Bertz CT molecular complexity index is 224. The standard InChI is InChI=1S/C13H26N2S/c1-4-7-9-14-12(16)15-10-8-13(5-2,6-3)11-15/h4-11H2,1-3H3,(H,14,16). The maximum atomic E-state index is 5.44. The van der Waals surface area contributed by atoms with Crippen LogP contribution in [0.4, 0.5) is 0 Å². The minimum absolute atomic E-state index is 0.524. The molecule has 0 amide bonds. The summed E-state index contributed by atoms with van der Waals surface area (Å²) in [7, 11) is 0. The second-order valence-corrected chi connectivity index (χ2v) is 5.35. The van der Waals surface area contributed by atoms with Crippen molar-refractivity contribution in [1.29, 1.82) is 0 Å². The van der Waals surface area contributed by atoms with Crippen LogP contribution >= 0.6 is 12.2 Å². The first kappa shape index (κ1) is 13.8. The van der Waals surface area contributed by atoms with E-state index in [9.17, 15) is 0 Å². The molecule has 0 radical (unpaired) electrons. The van der Waals surface area contributed by atoms with Gasteiger partial charge in [0, 0.05) is 19.6 Å². The van der Waals surface area contributed by atoms with Crippen LogP contribution < -0.4 is 5.32 Å². The zero-order chi connectivity index (χ0) is 12.0. The molecule has 0 unspecified atom stereocenters. The number of nitrogens with zero attached hydrogens (tertiary/aromatic N) is 1. The molecular formula is C13H26N2S. The summed E-state index contributed by atoms with van der Waals surface area (Å²) >= 11 is 5.44. The Balaban J connectivity index is 2.37. The van der Waals surface area contributed by atoms with Gasteiger partial charge in [-0.1, -0.05) is 27.2 Å². The number of likely N-dealkylation sites (tertiary alicyclic amines) is 1. The first-order valence-electron chi connectivity index (χ1n) is 6.70. The van der Waals surface area contributed by atoms with Gasteiger partial charge in [0.2, 0.25) is 0 Å². The molecule has 1 rings (SSSR count). The van der Waals surface area contributed by atoms with Crippen molar-refractivity contribution in [1.82, 2.24) is 10.2 Å². The van der Waals surface area contributed by atoms with Crippen molar-refractivity contribution in [2.24, 2.45) is 5.41 Å². The summed E-state index contributed by atoms with van der Waals surface area (Å²) in [6.45, 7) is 10.1. The van der Waals surface area contributed by atoms with Crippen molar-refractivity contribution in [2.75, 3.05) is 19.6 Å². The Morgan fingerprint density at radius 2 is 2.00 bits per heavy atom. The smallest absolute Gasteiger partial charge is 0.168 e. The molecule has 0 aromatic heterocycles. The van der Waals surface area contributed by atoms with Gasteiger partial charge in [-0.05, 0) is 43.3 Å². The molecule has 0 aromatic carbocycles. The highest BCUT2D eigenvalue weighted by atomic mass is 32.1. The van der Waals surface area contributed by atoms with E-state index in [4.69, 9.17) is 12.2 Å². The SMILES string of the molecule is CCCCNC(=S)N1CCC(CC)(CC)C1. The van der Waals surface area contributed by atoms with E-state index in [0.717, 1.165) is 24.7 Å². The van der Waals surface area contributed by atoms with E-state index >= 15 is 0 Å². The predicted molar refractivity (Wildman–Crippen MR) is 74.7 cm³/mol. The topological polar surface area (TPSA) is 15.3 Å². The third-order valence-electron chi connectivity index (χ3n) is 4.03. The summed E-state index contributed by atoms with van der Waals surface area (Å²) in [5.74, 6) is 0. The molecule has 0 spiro atoms. The van der Waals surface area contributed by atoms with E-state index < -0.39 is 0 Å². The Morgan fingerprint density at radius 1 is 1.31 bits per heavy atom. The van der Waals surface area contributed by atoms with Crippen LogP contribution in [0.15, 0.2) is 0 Å². The summed E-state index contributed by atoms with van der Waals surface area (Å²) in [6.07, 6.45) is 6.29. The van der Waals surface area contributed by atoms with Gasteiger partial charge < -0.3 is 10.2 Å². The predicted octanol–water partition coefficient (Wildman–Crippen LogP) is 3.17. The van der Waals surface area contributed by atoms with E-state index in [0.29, 0.717) is 5.41 Å². The van der Waals surface area contributed by atoms with Gasteiger partial charge in [0.05, 0.1) is 0 Å². The number of nitrogens with one attached hydrogen (secondary N) is 1. The minimum Gasteiger partial charge on any atom is -0.363 e. The lowest BCUT2D eigenvalue weighted by atomic mass is 9.82. The molecule has 1 fully saturated rings. The van der Waals surface area contributed by atoms with Crippen LogP contribution in [0, 0.1) is 5.41 Å². The van der Waals surface area contributed by atoms with E-state index in [1.54, 1.807) is 0 Å². The number of thiocarbonyl (C=S) groups is 1. The second-order valence-electron chi connectivity index (χ2n) is 4.96. The maximum absolute atomic E-state index is 5.44. The highest BCUT2D eigenvalue weighted by Gasteiger charge is 2.35. The molecule has 0 aliphatic carbocycles. The number of unbranched alkanes of at least 4 members (excludes halogenated alkanes) is 1. The van der Waals surface area contributed by atoms with Crippen molar-refractivity contribution in [3.8, 4) is 0 Å². The van der Waals surface area contributed by atoms with Gasteiger partial charge in [0.15, 0.2) is 5.11 Å². The van der Waals surface area contributed by atoms with E-state index in [1.165, 1.54) is 32.1 Å². The molecule has 1 saturated heterocycles. The lowest BCUT2D eigenvalue weighted by molar-refractivity contribution is 0.277. The largest absolute Gasteiger partial charge is 0.363 e. The lowest BCUT2D eigenvalue weighted by Crippen LogP contribution is -2.39. The number of rotatable bonds is 5. The summed E-state index contributed by atoms with van der Waals surface area (Å²) < 4.78 is 0. The first-order chi connectivity index (χ1) is 7.67. The highest BCUT2D eigenvalue weighted by molar-refractivity contribution is 7.80. The van der Waals surface area contributed by atoms with Crippen LogP contribution in [0.25, 0.3) is 0 Å². The third-order valence-corrected chi connectivity index (χ3v) is 4.43. The molecule has 1 aliphatic rings. The van der Waals surface area contributed by atoms with Crippen LogP contribution in [0.3, 0.4) is 0 Å². The molecule has 0 aromatic rings. The van der Waals surface area contributed by atoms with Gasteiger partial charge in [-0.15, -0.1) is 0 Å². The first-order valence-corrected chi connectivity index (χ1v) is 7.11. The van der Waals surface area contributed by atoms with Crippen molar-refractivity contribution < 1.29 is 0 Å². The Hall–Kier alpha value is -0.310. The normalized spacial score (nSPS) is 18.8. The van der Waals surface area contributed by atoms with Gasteiger partial charge in [0.1, 0.15) is 0 Å². The molecule has 2 nitrogen and oxygen atoms in total. The van der Waals surface area contributed by atoms with Gasteiger partial charge in [0.25, 0.3) is 0 Å². The van der Waals surface area contributed by atoms with E-state index in [-0.39, 0.29) is 0 Å². The summed E-state index contributed by atoms with van der Waals surface area (Å²) in [6, 6.07) is 0. The minimum atomic E-state index is 0.524. The Morgan fingerprint density at radius 3 is 2.50 bits per heavy atom. The van der Waals surface area contributed by atoms with Crippen molar-refractivity contribution in [3.05, 3.63) is 0 Å². The average Bonchev–Trinajstić information content (AvgIpc) is 2.74. The zero-order valence-electron chi connectivity index (χ0n) is 11.0. The van der Waals surface area contributed by atoms with E-state index in [2.05, 4.69) is 31.0 Å². The van der Waals surface area contributed by atoms with Crippen LogP contribution in [-0.4, -0.2) is 29.6 Å². The maximum Gasteiger partial charge on any atom is 0.168 e. The zero-order valence-corrected chi connectivity index (χ0v) is 11.8. The highest BCUT2D eigenvalue weighted by Crippen LogP contribution is 2.36. The molecule has 16 heavy (non-hydrogen) atoms. The summed E-state index contributed by atoms with van der Waals surface area (Å²) in [5.41, 5.74) is 0.524. The van der Waals surface area contributed by atoms with E-state index in [1.807, 2.05) is 0 Å². The fraction of sp³-hybridized carbons (Fsp3) is 0.923. The average molecular weight is 242 g/mol. The quantitative estimate of drug-likeness (QED) is 0.589. The van der Waals surface area contributed by atoms with Crippen molar-refractivity contribution in [2.45, 2.75) is 52.9 Å². The van der Waals surface area contributed by atoms with Crippen molar-refractivity contribution >= 4 is 17.3 Å². The van der Waals surface area contributed by atoms with Crippen LogP contribution in [-0.2, 0) is 0 Å². The number of hydrogen-bond donors (Lipinski definition) is 1. The van der Waals surface area contributed by atoms with Gasteiger partial charge in [-0.2, -0.15) is 0 Å². The molecule has 0 bridgehead atoms. The molecule has 1 N–H and O–H groups in total.